The molecule has 1 aliphatic carbocycles. The van der Waals surface area contributed by atoms with Crippen LogP contribution < -0.4 is 10.9 Å². The van der Waals surface area contributed by atoms with E-state index in [1.807, 2.05) is 11.5 Å². The van der Waals surface area contributed by atoms with Crippen LogP contribution in [0.5, 0.6) is 5.88 Å². The van der Waals surface area contributed by atoms with E-state index >= 15 is 0 Å². The van der Waals surface area contributed by atoms with Gasteiger partial charge in [-0.25, -0.2) is 0 Å². The van der Waals surface area contributed by atoms with E-state index in [1.165, 1.54) is 0 Å². The molecule has 1 unspecified atom stereocenters. The number of amides is 1. The zero-order chi connectivity index (χ0) is 18.7. The van der Waals surface area contributed by atoms with Crippen LogP contribution >= 0.6 is 11.8 Å². The number of thioether (sulfide) groups is 1. The predicted molar refractivity (Wildman–Crippen MR) is 96.6 cm³/mol. The number of nitrogens with zero attached hydrogens (tertiary/aromatic N) is 2. The first kappa shape index (κ1) is 18.5. The van der Waals surface area contributed by atoms with Gasteiger partial charge < -0.3 is 15.5 Å². The van der Waals surface area contributed by atoms with Crippen molar-refractivity contribution >= 4 is 23.6 Å². The number of hydrogen-bond acceptors (Lipinski definition) is 6. The fourth-order valence-electron chi connectivity index (χ4n) is 3.46. The third-order valence-corrected chi connectivity index (χ3v) is 5.61. The van der Waals surface area contributed by atoms with Gasteiger partial charge in [0.25, 0.3) is 11.5 Å². The maximum atomic E-state index is 13.1. The molecule has 140 valence electrons. The molecule has 1 fully saturated rings. The molecule has 1 aromatic rings. The monoisotopic (exact) mass is 379 g/mol. The smallest absolute Gasteiger partial charge is 0.322 e. The molecular formula is C17H21N3O5S. The lowest BCUT2D eigenvalue weighted by Crippen LogP contribution is -2.39. The summed E-state index contributed by atoms with van der Waals surface area (Å²) in [6, 6.07) is -0.0654. The number of carboxylic acids is 1. The molecule has 8 nitrogen and oxygen atoms in total. The lowest BCUT2D eigenvalue weighted by molar-refractivity contribution is -0.135. The Morgan fingerprint density at radius 3 is 2.65 bits per heavy atom. The van der Waals surface area contributed by atoms with Gasteiger partial charge in [-0.15, -0.1) is 11.8 Å². The summed E-state index contributed by atoms with van der Waals surface area (Å²) >= 11 is 1.60. The van der Waals surface area contributed by atoms with Gasteiger partial charge in [-0.2, -0.15) is 4.98 Å². The molecule has 2 heterocycles. The highest BCUT2D eigenvalue weighted by Crippen LogP contribution is 2.34. The average molecular weight is 379 g/mol. The topological polar surface area (TPSA) is 122 Å². The summed E-state index contributed by atoms with van der Waals surface area (Å²) in [6.07, 6.45) is 6.67. The van der Waals surface area contributed by atoms with E-state index in [4.69, 9.17) is 5.11 Å². The van der Waals surface area contributed by atoms with Crippen molar-refractivity contribution in [2.45, 2.75) is 44.1 Å². The summed E-state index contributed by atoms with van der Waals surface area (Å²) in [5, 5.41) is 23.0. The Morgan fingerprint density at radius 1 is 1.31 bits per heavy atom. The fraction of sp³-hybridized carbons (Fsp3) is 0.529. The summed E-state index contributed by atoms with van der Waals surface area (Å²) in [5.41, 5.74) is -1.09. The number of allylic oxidation sites excluding steroid dienone is 1. The minimum Gasteiger partial charge on any atom is -0.493 e. The second-order valence-electron chi connectivity index (χ2n) is 6.48. The molecule has 0 aromatic carbocycles. The Bertz CT molecular complexity index is 798. The number of aromatic nitrogens is 2. The maximum Gasteiger partial charge on any atom is 0.322 e. The van der Waals surface area contributed by atoms with Crippen molar-refractivity contribution in [3.8, 4) is 5.88 Å². The van der Waals surface area contributed by atoms with Gasteiger partial charge >= 0.3 is 5.97 Å². The normalized spacial score (nSPS) is 20.2. The second kappa shape index (κ2) is 7.94. The van der Waals surface area contributed by atoms with E-state index < -0.39 is 35.4 Å². The number of hydrogen-bond donors (Lipinski definition) is 3. The minimum absolute atomic E-state index is 0.0654. The predicted octanol–water partition coefficient (Wildman–Crippen LogP) is 1.61. The van der Waals surface area contributed by atoms with Crippen LogP contribution in [0.15, 0.2) is 16.3 Å². The van der Waals surface area contributed by atoms with Gasteiger partial charge in [0.15, 0.2) is 5.56 Å². The highest BCUT2D eigenvalue weighted by Gasteiger charge is 2.30. The number of carboxylic acid groups (broad SMARTS) is 1. The van der Waals surface area contributed by atoms with Crippen molar-refractivity contribution in [1.29, 1.82) is 0 Å². The summed E-state index contributed by atoms with van der Waals surface area (Å²) in [4.78, 5) is 40.2. The lowest BCUT2D eigenvalue weighted by Gasteiger charge is -2.28. The summed E-state index contributed by atoms with van der Waals surface area (Å²) in [6.45, 7) is -0.634. The first-order valence-corrected chi connectivity index (χ1v) is 9.67. The quantitative estimate of drug-likeness (QED) is 0.710. The minimum atomic E-state index is -1.23. The Kier molecular flexibility index (Phi) is 5.65. The fourth-order valence-corrected chi connectivity index (χ4v) is 4.34. The van der Waals surface area contributed by atoms with Crippen LogP contribution in [0.1, 0.15) is 60.2 Å². The van der Waals surface area contributed by atoms with E-state index in [0.717, 1.165) is 37.9 Å². The van der Waals surface area contributed by atoms with E-state index in [2.05, 4.69) is 10.3 Å². The molecule has 26 heavy (non-hydrogen) atoms. The molecule has 1 aromatic heterocycles. The molecule has 3 N–H and O–H groups in total. The summed E-state index contributed by atoms with van der Waals surface area (Å²) in [7, 11) is 0. The largest absolute Gasteiger partial charge is 0.493 e. The Morgan fingerprint density at radius 2 is 2.04 bits per heavy atom. The van der Waals surface area contributed by atoms with E-state index in [1.54, 1.807) is 16.3 Å². The van der Waals surface area contributed by atoms with Crippen LogP contribution in [-0.2, 0) is 4.79 Å². The van der Waals surface area contributed by atoms with Crippen molar-refractivity contribution in [2.75, 3.05) is 12.3 Å². The maximum absolute atomic E-state index is 13.1. The van der Waals surface area contributed by atoms with E-state index in [0.29, 0.717) is 5.82 Å². The van der Waals surface area contributed by atoms with Crippen LogP contribution in [0.25, 0.3) is 0 Å². The third-order valence-electron chi connectivity index (χ3n) is 4.71. The molecule has 9 heteroatoms. The standard InChI is InChI=1S/C17H21N3O5S/c21-12(22)8-18-15(23)13-16(24)19-14(10-6-7-26-9-10)20(17(13)25)11-4-2-1-3-5-11/h6-7,10-11,24H,1-5,8-9H2,(H,18,23)(H,21,22). The van der Waals surface area contributed by atoms with Gasteiger partial charge in [0.05, 0.1) is 0 Å². The van der Waals surface area contributed by atoms with Gasteiger partial charge in [0.2, 0.25) is 5.88 Å². The molecule has 1 amide bonds. The van der Waals surface area contributed by atoms with Gasteiger partial charge in [-0.05, 0) is 18.2 Å². The molecule has 0 spiro atoms. The van der Waals surface area contributed by atoms with E-state index in [-0.39, 0.29) is 12.0 Å². The van der Waals surface area contributed by atoms with Gasteiger partial charge in [-0.1, -0.05) is 25.3 Å². The highest BCUT2D eigenvalue weighted by molar-refractivity contribution is 8.02. The zero-order valence-electron chi connectivity index (χ0n) is 14.2. The Balaban J connectivity index is 2.06. The number of carbonyl (C=O) groups excluding carboxylic acids is 1. The van der Waals surface area contributed by atoms with Crippen molar-refractivity contribution in [2.24, 2.45) is 0 Å². The van der Waals surface area contributed by atoms with Gasteiger partial charge in [0, 0.05) is 17.7 Å². The van der Waals surface area contributed by atoms with Crippen LogP contribution in [0.3, 0.4) is 0 Å². The molecular weight excluding hydrogens is 358 g/mol. The average Bonchev–Trinajstić information content (AvgIpc) is 3.14. The lowest BCUT2D eigenvalue weighted by atomic mass is 9.94. The zero-order valence-corrected chi connectivity index (χ0v) is 15.0. The Hall–Kier alpha value is -2.29. The van der Waals surface area contributed by atoms with Crippen LogP contribution in [0, 0.1) is 0 Å². The molecule has 0 bridgehead atoms. The molecule has 3 rings (SSSR count). The molecule has 1 atom stereocenters. The van der Waals surface area contributed by atoms with E-state index in [9.17, 15) is 19.5 Å². The Labute approximate surface area is 154 Å². The number of aliphatic carboxylic acids is 1. The van der Waals surface area contributed by atoms with Crippen LogP contribution in [-0.4, -0.2) is 43.9 Å². The van der Waals surface area contributed by atoms with Crippen LogP contribution in [0.4, 0.5) is 0 Å². The molecule has 0 saturated heterocycles. The number of aromatic hydroxyl groups is 1. The number of rotatable bonds is 5. The number of nitrogens with one attached hydrogen (secondary N) is 1. The van der Waals surface area contributed by atoms with Crippen molar-refractivity contribution < 1.29 is 19.8 Å². The van der Waals surface area contributed by atoms with Gasteiger partial charge in [0.1, 0.15) is 12.4 Å². The van der Waals surface area contributed by atoms with Crippen molar-refractivity contribution in [1.82, 2.24) is 14.9 Å². The second-order valence-corrected chi connectivity index (χ2v) is 7.42. The number of carbonyl (C=O) groups is 2. The molecule has 0 radical (unpaired) electrons. The SMILES string of the molecule is O=C(O)CNC(=O)c1c(O)nc(C2C=CSC2)n(C2CCCCC2)c1=O. The molecule has 2 aliphatic rings. The summed E-state index contributed by atoms with van der Waals surface area (Å²) < 4.78 is 1.55. The first-order chi connectivity index (χ1) is 12.5. The first-order valence-electron chi connectivity index (χ1n) is 8.62. The van der Waals surface area contributed by atoms with Crippen molar-refractivity contribution in [3.05, 3.63) is 33.2 Å². The molecule has 1 saturated carbocycles. The van der Waals surface area contributed by atoms with Gasteiger partial charge in [-0.3, -0.25) is 19.0 Å². The molecule has 1 aliphatic heterocycles. The highest BCUT2D eigenvalue weighted by atomic mass is 32.2. The van der Waals surface area contributed by atoms with Crippen molar-refractivity contribution in [3.63, 3.8) is 0 Å². The third kappa shape index (κ3) is 3.77. The van der Waals surface area contributed by atoms with Crippen LogP contribution in [0.2, 0.25) is 0 Å². The summed E-state index contributed by atoms with van der Waals surface area (Å²) in [5.74, 6) is -1.71.